The molecule has 2 N–H and O–H groups in total. The molecule has 5 nitrogen and oxygen atoms in total. The fraction of sp³-hybridized carbons (Fsp3) is 0.143. The van der Waals surface area contributed by atoms with E-state index in [1.807, 2.05) is 37.4 Å². The molecule has 1 aliphatic rings. The Labute approximate surface area is 151 Å². The summed E-state index contributed by atoms with van der Waals surface area (Å²) in [5, 5.41) is 15.8. The maximum absolute atomic E-state index is 10.5. The Hall–Kier alpha value is -3.34. The number of phenolic OH excluding ortho intramolecular Hbond substituents is 1. The molecule has 0 saturated carbocycles. The van der Waals surface area contributed by atoms with Crippen LogP contribution < -0.4 is 19.5 Å². The van der Waals surface area contributed by atoms with Crippen LogP contribution in [-0.4, -0.2) is 26.1 Å². The maximum atomic E-state index is 10.5. The van der Waals surface area contributed by atoms with E-state index >= 15 is 0 Å². The predicted molar refractivity (Wildman–Crippen MR) is 103 cm³/mol. The summed E-state index contributed by atoms with van der Waals surface area (Å²) in [5.41, 5.74) is 3.38. The highest BCUT2D eigenvalue weighted by Gasteiger charge is 2.19. The van der Waals surface area contributed by atoms with Crippen LogP contribution in [0.25, 0.3) is 28.0 Å². The number of hydrogen-bond acceptors (Lipinski definition) is 5. The Balaban J connectivity index is 1.99. The minimum Gasteiger partial charge on any atom is -0.504 e. The molecule has 3 aromatic carbocycles. The van der Waals surface area contributed by atoms with Crippen molar-refractivity contribution in [2.75, 3.05) is 26.3 Å². The van der Waals surface area contributed by atoms with Crippen LogP contribution in [0.1, 0.15) is 5.56 Å². The van der Waals surface area contributed by atoms with E-state index in [4.69, 9.17) is 14.2 Å². The van der Waals surface area contributed by atoms with Gasteiger partial charge >= 0.3 is 0 Å². The Bertz CT molecular complexity index is 1030. The second-order valence-electron chi connectivity index (χ2n) is 5.95. The summed E-state index contributed by atoms with van der Waals surface area (Å²) in [6, 6.07) is 11.7. The van der Waals surface area contributed by atoms with Gasteiger partial charge in [0.1, 0.15) is 0 Å². The summed E-state index contributed by atoms with van der Waals surface area (Å²) < 4.78 is 16.2. The predicted octanol–water partition coefficient (Wildman–Crippen LogP) is 4.63. The number of ether oxygens (including phenoxy) is 3. The van der Waals surface area contributed by atoms with E-state index in [1.165, 1.54) is 7.11 Å². The van der Waals surface area contributed by atoms with Gasteiger partial charge in [-0.1, -0.05) is 24.8 Å². The lowest BCUT2D eigenvalue weighted by Crippen LogP contribution is -1.96. The second kappa shape index (κ2) is 6.19. The van der Waals surface area contributed by atoms with Crippen LogP contribution in [0, 0.1) is 0 Å². The van der Waals surface area contributed by atoms with Crippen LogP contribution in [0.5, 0.6) is 23.0 Å². The lowest BCUT2D eigenvalue weighted by Gasteiger charge is -2.17. The molecule has 1 heterocycles. The molecule has 132 valence electrons. The van der Waals surface area contributed by atoms with E-state index in [1.54, 1.807) is 12.1 Å². The van der Waals surface area contributed by atoms with Crippen LogP contribution in [0.15, 0.2) is 43.0 Å². The maximum Gasteiger partial charge on any atom is 0.231 e. The van der Waals surface area contributed by atoms with Gasteiger partial charge in [0.25, 0.3) is 0 Å². The Morgan fingerprint density at radius 2 is 1.85 bits per heavy atom. The zero-order chi connectivity index (χ0) is 18.3. The zero-order valence-corrected chi connectivity index (χ0v) is 14.6. The summed E-state index contributed by atoms with van der Waals surface area (Å²) in [5.74, 6) is 1.97. The fourth-order valence-electron chi connectivity index (χ4n) is 3.40. The highest BCUT2D eigenvalue weighted by molar-refractivity contribution is 6.04. The number of nitrogens with one attached hydrogen (secondary N) is 1. The van der Waals surface area contributed by atoms with Crippen LogP contribution in [0.4, 0.5) is 5.69 Å². The third-order valence-corrected chi connectivity index (χ3v) is 4.66. The number of methoxy groups -OCH3 is 1. The molecule has 0 amide bonds. The van der Waals surface area contributed by atoms with Crippen LogP contribution in [0.2, 0.25) is 0 Å². The average Bonchev–Trinajstić information content (AvgIpc) is 3.12. The molecule has 26 heavy (non-hydrogen) atoms. The first kappa shape index (κ1) is 16.1. The SMILES string of the molecule is C=Cc1c(-c2ccc3cc4c(cc3c2NC)OCO4)ccc(OC)c1O. The number of fused-ring (bicyclic) bond motifs is 2. The molecular weight excluding hydrogens is 330 g/mol. The van der Waals surface area contributed by atoms with Gasteiger partial charge in [-0.3, -0.25) is 0 Å². The molecule has 0 aromatic heterocycles. The van der Waals surface area contributed by atoms with Gasteiger partial charge in [-0.2, -0.15) is 0 Å². The van der Waals surface area contributed by atoms with Gasteiger partial charge in [0.05, 0.1) is 7.11 Å². The van der Waals surface area contributed by atoms with E-state index in [0.717, 1.165) is 39.1 Å². The molecule has 4 rings (SSSR count). The molecule has 0 bridgehead atoms. The first-order valence-corrected chi connectivity index (χ1v) is 8.24. The molecule has 0 radical (unpaired) electrons. The van der Waals surface area contributed by atoms with Gasteiger partial charge in [-0.05, 0) is 35.2 Å². The Kier molecular flexibility index (Phi) is 3.84. The first-order chi connectivity index (χ1) is 12.7. The topological polar surface area (TPSA) is 60.0 Å². The second-order valence-corrected chi connectivity index (χ2v) is 5.95. The van der Waals surface area contributed by atoms with E-state index in [-0.39, 0.29) is 12.5 Å². The number of aromatic hydroxyl groups is 1. The van der Waals surface area contributed by atoms with Crippen molar-refractivity contribution in [1.82, 2.24) is 0 Å². The number of benzene rings is 3. The van der Waals surface area contributed by atoms with Crippen molar-refractivity contribution >= 4 is 22.5 Å². The summed E-state index contributed by atoms with van der Waals surface area (Å²) in [4.78, 5) is 0. The quantitative estimate of drug-likeness (QED) is 0.719. The lowest BCUT2D eigenvalue weighted by molar-refractivity contribution is 0.174. The van der Waals surface area contributed by atoms with E-state index in [2.05, 4.69) is 11.9 Å². The Morgan fingerprint density at radius 3 is 2.54 bits per heavy atom. The van der Waals surface area contributed by atoms with Gasteiger partial charge in [0, 0.05) is 29.2 Å². The minimum atomic E-state index is 0.0767. The number of rotatable bonds is 4. The van der Waals surface area contributed by atoms with Gasteiger partial charge in [-0.15, -0.1) is 0 Å². The normalized spacial score (nSPS) is 12.2. The minimum absolute atomic E-state index is 0.0767. The smallest absolute Gasteiger partial charge is 0.231 e. The van der Waals surface area contributed by atoms with Gasteiger partial charge in [0.2, 0.25) is 6.79 Å². The first-order valence-electron chi connectivity index (χ1n) is 8.24. The number of hydrogen-bond donors (Lipinski definition) is 2. The number of anilines is 1. The van der Waals surface area contributed by atoms with Crippen molar-refractivity contribution < 1.29 is 19.3 Å². The average molecular weight is 349 g/mol. The standard InChI is InChI=1S/C21H19NO4/c1-4-13-14(7-8-17(24-3)21(13)23)15-6-5-12-9-18-19(26-11-25-18)10-16(12)20(15)22-2/h4-10,22-23H,1,11H2,2-3H3. The van der Waals surface area contributed by atoms with Crippen molar-refractivity contribution in [1.29, 1.82) is 0 Å². The van der Waals surface area contributed by atoms with Crippen LogP contribution in [0.3, 0.4) is 0 Å². The molecule has 1 aliphatic heterocycles. The highest BCUT2D eigenvalue weighted by atomic mass is 16.7. The molecule has 0 saturated heterocycles. The molecule has 0 fully saturated rings. The van der Waals surface area contributed by atoms with E-state index in [0.29, 0.717) is 11.3 Å². The molecule has 0 aliphatic carbocycles. The van der Waals surface area contributed by atoms with E-state index in [9.17, 15) is 5.11 Å². The summed E-state index contributed by atoms with van der Waals surface area (Å²) >= 11 is 0. The molecule has 3 aromatic rings. The monoisotopic (exact) mass is 349 g/mol. The van der Waals surface area contributed by atoms with Crippen molar-refractivity contribution in [3.8, 4) is 34.1 Å². The van der Waals surface area contributed by atoms with Gasteiger partial charge < -0.3 is 24.6 Å². The largest absolute Gasteiger partial charge is 0.504 e. The van der Waals surface area contributed by atoms with Crippen molar-refractivity contribution in [3.05, 3.63) is 48.5 Å². The molecule has 5 heteroatoms. The third-order valence-electron chi connectivity index (χ3n) is 4.66. The lowest BCUT2D eigenvalue weighted by atomic mass is 9.93. The molecule has 0 unspecified atom stereocenters. The highest BCUT2D eigenvalue weighted by Crippen LogP contribution is 2.45. The summed E-state index contributed by atoms with van der Waals surface area (Å²) in [7, 11) is 3.40. The zero-order valence-electron chi connectivity index (χ0n) is 14.6. The van der Waals surface area contributed by atoms with Crippen molar-refractivity contribution in [2.45, 2.75) is 0 Å². The van der Waals surface area contributed by atoms with Crippen molar-refractivity contribution in [3.63, 3.8) is 0 Å². The molecule has 0 atom stereocenters. The fourth-order valence-corrected chi connectivity index (χ4v) is 3.40. The van der Waals surface area contributed by atoms with Gasteiger partial charge in [-0.25, -0.2) is 0 Å². The van der Waals surface area contributed by atoms with Crippen molar-refractivity contribution in [2.24, 2.45) is 0 Å². The van der Waals surface area contributed by atoms with Crippen LogP contribution >= 0.6 is 0 Å². The van der Waals surface area contributed by atoms with Crippen LogP contribution in [-0.2, 0) is 0 Å². The summed E-state index contributed by atoms with van der Waals surface area (Å²) in [6.07, 6.45) is 1.64. The Morgan fingerprint density at radius 1 is 1.12 bits per heavy atom. The molecular formula is C21H19NO4. The van der Waals surface area contributed by atoms with Gasteiger partial charge in [0.15, 0.2) is 23.0 Å². The molecule has 0 spiro atoms. The van der Waals surface area contributed by atoms with E-state index < -0.39 is 0 Å². The summed E-state index contributed by atoms with van der Waals surface area (Å²) in [6.45, 7) is 4.08. The third kappa shape index (κ3) is 2.32. The number of phenols is 1.